The minimum Gasteiger partial charge on any atom is -0.476 e. The van der Waals surface area contributed by atoms with Crippen molar-refractivity contribution in [1.29, 1.82) is 0 Å². The quantitative estimate of drug-likeness (QED) is 0.845. The fourth-order valence-electron chi connectivity index (χ4n) is 2.63. The van der Waals surface area contributed by atoms with Gasteiger partial charge in [-0.15, -0.1) is 0 Å². The molecule has 0 unspecified atom stereocenters. The van der Waals surface area contributed by atoms with Crippen LogP contribution < -0.4 is 4.74 Å². The molecule has 0 aliphatic carbocycles. The van der Waals surface area contributed by atoms with Gasteiger partial charge in [-0.3, -0.25) is 9.88 Å². The maximum absolute atomic E-state index is 5.73. The lowest BCUT2D eigenvalue weighted by Gasteiger charge is -2.26. The number of hydrogen-bond acceptors (Lipinski definition) is 4. The van der Waals surface area contributed by atoms with Crippen molar-refractivity contribution in [2.24, 2.45) is 0 Å². The number of hydrogen-bond donors (Lipinski definition) is 0. The van der Waals surface area contributed by atoms with Crippen molar-refractivity contribution in [2.75, 3.05) is 26.2 Å². The van der Waals surface area contributed by atoms with E-state index >= 15 is 0 Å². The summed E-state index contributed by atoms with van der Waals surface area (Å²) in [5.41, 5.74) is 2.14. The Morgan fingerprint density at radius 1 is 1.00 bits per heavy atom. The first-order chi connectivity index (χ1) is 10.4. The van der Waals surface area contributed by atoms with Crippen LogP contribution in [0.25, 0.3) is 11.1 Å². The lowest BCUT2D eigenvalue weighted by Crippen LogP contribution is -2.33. The normalized spacial score (nSPS) is 15.8. The number of piperidine rings is 1. The molecule has 0 bridgehead atoms. The first-order valence-electron chi connectivity index (χ1n) is 7.63. The van der Waals surface area contributed by atoms with Crippen molar-refractivity contribution in [3.05, 3.63) is 42.9 Å². The zero-order valence-corrected chi connectivity index (χ0v) is 12.2. The summed E-state index contributed by atoms with van der Waals surface area (Å²) >= 11 is 0. The van der Waals surface area contributed by atoms with E-state index < -0.39 is 0 Å². The van der Waals surface area contributed by atoms with Gasteiger partial charge in [0.25, 0.3) is 0 Å². The molecule has 2 aromatic rings. The van der Waals surface area contributed by atoms with Gasteiger partial charge < -0.3 is 4.74 Å². The Labute approximate surface area is 125 Å². The van der Waals surface area contributed by atoms with E-state index in [1.165, 1.54) is 32.4 Å². The van der Waals surface area contributed by atoms with Gasteiger partial charge in [-0.2, -0.15) is 0 Å². The molecule has 0 saturated carbocycles. The zero-order valence-electron chi connectivity index (χ0n) is 12.2. The summed E-state index contributed by atoms with van der Waals surface area (Å²) in [6.45, 7) is 4.11. The summed E-state index contributed by atoms with van der Waals surface area (Å²) in [5, 5.41) is 0. The maximum atomic E-state index is 5.73. The van der Waals surface area contributed by atoms with Gasteiger partial charge in [0.1, 0.15) is 6.61 Å². The van der Waals surface area contributed by atoms with Crippen LogP contribution >= 0.6 is 0 Å². The molecule has 1 saturated heterocycles. The number of nitrogens with zero attached hydrogens (tertiary/aromatic N) is 3. The third kappa shape index (κ3) is 4.02. The Balaban J connectivity index is 1.50. The molecular weight excluding hydrogens is 262 g/mol. The summed E-state index contributed by atoms with van der Waals surface area (Å²) in [7, 11) is 0. The van der Waals surface area contributed by atoms with Gasteiger partial charge in [-0.25, -0.2) is 4.98 Å². The second-order valence-corrected chi connectivity index (χ2v) is 5.38. The van der Waals surface area contributed by atoms with E-state index in [9.17, 15) is 0 Å². The highest BCUT2D eigenvalue weighted by Crippen LogP contribution is 2.19. The van der Waals surface area contributed by atoms with Gasteiger partial charge in [0.2, 0.25) is 5.88 Å². The Morgan fingerprint density at radius 2 is 1.86 bits per heavy atom. The molecule has 4 heteroatoms. The molecule has 3 rings (SSSR count). The number of likely N-dealkylation sites (tertiary alicyclic amines) is 1. The van der Waals surface area contributed by atoms with E-state index in [0.717, 1.165) is 17.7 Å². The van der Waals surface area contributed by atoms with Gasteiger partial charge in [0, 0.05) is 42.3 Å². The highest BCUT2D eigenvalue weighted by atomic mass is 16.5. The van der Waals surface area contributed by atoms with Crippen molar-refractivity contribution in [2.45, 2.75) is 19.3 Å². The molecule has 1 aliphatic heterocycles. The SMILES string of the molecule is c1cncc(-c2ccc(OCCN3CCCCC3)nc2)c1. The summed E-state index contributed by atoms with van der Waals surface area (Å²) < 4.78 is 5.73. The van der Waals surface area contributed by atoms with Crippen molar-refractivity contribution >= 4 is 0 Å². The van der Waals surface area contributed by atoms with Crippen molar-refractivity contribution < 1.29 is 4.74 Å². The number of rotatable bonds is 5. The first-order valence-corrected chi connectivity index (χ1v) is 7.63. The van der Waals surface area contributed by atoms with E-state index in [1.54, 1.807) is 6.20 Å². The van der Waals surface area contributed by atoms with Crippen LogP contribution in [0.4, 0.5) is 0 Å². The molecule has 4 nitrogen and oxygen atoms in total. The van der Waals surface area contributed by atoms with Crippen molar-refractivity contribution in [1.82, 2.24) is 14.9 Å². The van der Waals surface area contributed by atoms with Gasteiger partial charge in [0.05, 0.1) is 0 Å². The third-order valence-corrected chi connectivity index (χ3v) is 3.84. The van der Waals surface area contributed by atoms with E-state index in [2.05, 4.69) is 14.9 Å². The largest absolute Gasteiger partial charge is 0.476 e. The van der Waals surface area contributed by atoms with Crippen LogP contribution in [0.15, 0.2) is 42.9 Å². The zero-order chi connectivity index (χ0) is 14.3. The first kappa shape index (κ1) is 14.0. The molecule has 0 radical (unpaired) electrons. The molecule has 0 aromatic carbocycles. The van der Waals surface area contributed by atoms with E-state index in [4.69, 9.17) is 4.74 Å². The lowest BCUT2D eigenvalue weighted by molar-refractivity contribution is 0.180. The fraction of sp³-hybridized carbons (Fsp3) is 0.412. The number of ether oxygens (including phenoxy) is 1. The van der Waals surface area contributed by atoms with E-state index in [1.807, 2.05) is 36.7 Å². The van der Waals surface area contributed by atoms with Crippen LogP contribution in [-0.2, 0) is 0 Å². The van der Waals surface area contributed by atoms with E-state index in [-0.39, 0.29) is 0 Å². The van der Waals surface area contributed by atoms with Crippen molar-refractivity contribution in [3.63, 3.8) is 0 Å². The molecule has 2 aromatic heterocycles. The Hall–Kier alpha value is -1.94. The predicted molar refractivity (Wildman–Crippen MR) is 83.3 cm³/mol. The summed E-state index contributed by atoms with van der Waals surface area (Å²) in [6, 6.07) is 7.91. The smallest absolute Gasteiger partial charge is 0.213 e. The summed E-state index contributed by atoms with van der Waals surface area (Å²) in [4.78, 5) is 11.0. The lowest BCUT2D eigenvalue weighted by atomic mass is 10.1. The van der Waals surface area contributed by atoms with Crippen LogP contribution in [0.1, 0.15) is 19.3 Å². The standard InChI is InChI=1S/C17H21N3O/c1-2-9-20(10-3-1)11-12-21-17-7-6-16(14-19-17)15-5-4-8-18-13-15/h4-8,13-14H,1-3,9-12H2. The molecule has 1 fully saturated rings. The second kappa shape index (κ2) is 7.18. The van der Waals surface area contributed by atoms with Crippen LogP contribution in [0.3, 0.4) is 0 Å². The summed E-state index contributed by atoms with van der Waals surface area (Å²) in [6.07, 6.45) is 9.46. The minimum atomic E-state index is 0.694. The molecule has 0 atom stereocenters. The van der Waals surface area contributed by atoms with Gasteiger partial charge in [-0.05, 0) is 38.1 Å². The molecule has 3 heterocycles. The number of aromatic nitrogens is 2. The van der Waals surface area contributed by atoms with Crippen LogP contribution in [0.5, 0.6) is 5.88 Å². The average Bonchev–Trinajstić information content (AvgIpc) is 2.57. The Morgan fingerprint density at radius 3 is 2.57 bits per heavy atom. The monoisotopic (exact) mass is 283 g/mol. The van der Waals surface area contributed by atoms with Crippen LogP contribution in [0.2, 0.25) is 0 Å². The minimum absolute atomic E-state index is 0.694. The van der Waals surface area contributed by atoms with Crippen LogP contribution in [0, 0.1) is 0 Å². The maximum Gasteiger partial charge on any atom is 0.213 e. The Kier molecular flexibility index (Phi) is 4.79. The van der Waals surface area contributed by atoms with Crippen molar-refractivity contribution in [3.8, 4) is 17.0 Å². The van der Waals surface area contributed by atoms with Gasteiger partial charge in [-0.1, -0.05) is 12.5 Å². The molecule has 1 aliphatic rings. The highest BCUT2D eigenvalue weighted by molar-refractivity contribution is 5.61. The van der Waals surface area contributed by atoms with Gasteiger partial charge in [0.15, 0.2) is 0 Å². The average molecular weight is 283 g/mol. The second-order valence-electron chi connectivity index (χ2n) is 5.38. The van der Waals surface area contributed by atoms with Gasteiger partial charge >= 0.3 is 0 Å². The highest BCUT2D eigenvalue weighted by Gasteiger charge is 2.09. The number of pyridine rings is 2. The molecule has 110 valence electrons. The molecule has 0 N–H and O–H groups in total. The topological polar surface area (TPSA) is 38.2 Å². The molecule has 21 heavy (non-hydrogen) atoms. The third-order valence-electron chi connectivity index (χ3n) is 3.84. The summed E-state index contributed by atoms with van der Waals surface area (Å²) in [5.74, 6) is 0.694. The Bertz CT molecular complexity index is 536. The predicted octanol–water partition coefficient (Wildman–Crippen LogP) is 3.01. The molecular formula is C17H21N3O. The fourth-order valence-corrected chi connectivity index (χ4v) is 2.63. The molecule has 0 spiro atoms. The van der Waals surface area contributed by atoms with Crippen LogP contribution in [-0.4, -0.2) is 41.1 Å². The van der Waals surface area contributed by atoms with E-state index in [0.29, 0.717) is 12.5 Å². The molecule has 0 amide bonds.